The van der Waals surface area contributed by atoms with E-state index >= 15 is 0 Å². The summed E-state index contributed by atoms with van der Waals surface area (Å²) >= 11 is 0. The van der Waals surface area contributed by atoms with E-state index in [1.165, 1.54) is 0 Å². The van der Waals surface area contributed by atoms with Crippen molar-refractivity contribution >= 4 is 12.8 Å². The van der Waals surface area contributed by atoms with Crippen LogP contribution in [0.15, 0.2) is 12.7 Å². The fraction of sp³-hybridized carbons (Fsp3) is 0. The van der Waals surface area contributed by atoms with Crippen LogP contribution in [0.25, 0.3) is 0 Å². The Morgan fingerprint density at radius 2 is 1.71 bits per heavy atom. The van der Waals surface area contributed by atoms with Gasteiger partial charge in [-0.25, -0.2) is 0 Å². The second-order valence-corrected chi connectivity index (χ2v) is 0.523. The van der Waals surface area contributed by atoms with Crippen LogP contribution in [-0.2, 0) is 9.59 Å². The van der Waals surface area contributed by atoms with Crippen molar-refractivity contribution in [2.45, 2.75) is 0 Å². The zero-order valence-corrected chi connectivity index (χ0v) is 3.72. The summed E-state index contributed by atoms with van der Waals surface area (Å²) in [6.07, 6.45) is 0.722. The van der Waals surface area contributed by atoms with Crippen molar-refractivity contribution in [3.63, 3.8) is 0 Å². The molecule has 0 saturated carbocycles. The molecule has 3 heteroatoms. The van der Waals surface area contributed by atoms with Crippen molar-refractivity contribution in [3.8, 4) is 0 Å². The lowest BCUT2D eigenvalue weighted by Gasteiger charge is -1.81. The van der Waals surface area contributed by atoms with Gasteiger partial charge in [-0.2, -0.15) is 0 Å². The molecule has 0 aromatic heterocycles. The van der Waals surface area contributed by atoms with Gasteiger partial charge in [0.25, 0.3) is 0 Å². The molecule has 0 aromatic rings. The van der Waals surface area contributed by atoms with Gasteiger partial charge in [-0.05, 0) is 6.08 Å². The summed E-state index contributed by atoms with van der Waals surface area (Å²) in [6, 6.07) is 0. The maximum atomic E-state index is 9.14. The Hall–Kier alpha value is -1.12. The molecule has 0 spiro atoms. The minimum atomic E-state index is -1.23. The molecule has 40 valence electrons. The number of rotatable bonds is 1. The highest BCUT2D eigenvalue weighted by Gasteiger charge is 1.55. The van der Waals surface area contributed by atoms with E-state index in [0.717, 1.165) is 6.08 Å². The van der Waals surface area contributed by atoms with Gasteiger partial charge >= 0.3 is 0 Å². The standard InChI is InChI=1S/C3H4O2.CH2O/c1-2-3(4)5;1-2/h2H,1H2,(H,4,5);1H2/p-1. The van der Waals surface area contributed by atoms with Gasteiger partial charge in [0.05, 0.1) is 5.97 Å². The highest BCUT2D eigenvalue weighted by Crippen LogP contribution is 1.47. The molecule has 0 aliphatic rings. The van der Waals surface area contributed by atoms with E-state index in [1.807, 2.05) is 6.79 Å². The molecule has 0 aliphatic carbocycles. The van der Waals surface area contributed by atoms with Crippen LogP contribution < -0.4 is 5.11 Å². The van der Waals surface area contributed by atoms with Crippen molar-refractivity contribution in [2.75, 3.05) is 0 Å². The third-order valence-electron chi connectivity index (χ3n) is 0.167. The van der Waals surface area contributed by atoms with Crippen LogP contribution >= 0.6 is 0 Å². The molecule has 0 bridgehead atoms. The molecule has 0 heterocycles. The molecular formula is C4H5O3-. The molecule has 0 aliphatic heterocycles. The summed E-state index contributed by atoms with van der Waals surface area (Å²) in [5.74, 6) is -1.23. The second-order valence-electron chi connectivity index (χ2n) is 0.523. The lowest BCUT2D eigenvalue weighted by molar-refractivity contribution is -0.297. The van der Waals surface area contributed by atoms with Crippen molar-refractivity contribution in [3.05, 3.63) is 12.7 Å². The van der Waals surface area contributed by atoms with E-state index in [-0.39, 0.29) is 0 Å². The van der Waals surface area contributed by atoms with Crippen LogP contribution in [0.3, 0.4) is 0 Å². The summed E-state index contributed by atoms with van der Waals surface area (Å²) in [5, 5.41) is 9.14. The van der Waals surface area contributed by atoms with Crippen molar-refractivity contribution in [1.82, 2.24) is 0 Å². The molecule has 0 fully saturated rings. The van der Waals surface area contributed by atoms with E-state index in [4.69, 9.17) is 14.7 Å². The second kappa shape index (κ2) is 8.86. The molecule has 0 unspecified atom stereocenters. The van der Waals surface area contributed by atoms with Gasteiger partial charge in [-0.3, -0.25) is 0 Å². The third-order valence-corrected chi connectivity index (χ3v) is 0.167. The van der Waals surface area contributed by atoms with Gasteiger partial charge in [0.15, 0.2) is 0 Å². The first-order chi connectivity index (χ1) is 3.27. The number of carboxylic acid groups (broad SMARTS) is 1. The SMILES string of the molecule is C=CC(=O)[O-].C=O. The largest absolute Gasteiger partial charge is 0.545 e. The van der Waals surface area contributed by atoms with Crippen LogP contribution in [0.2, 0.25) is 0 Å². The molecule has 0 radical (unpaired) electrons. The number of carbonyl (C=O) groups excluding carboxylic acids is 2. The minimum absolute atomic E-state index is 0.722. The maximum absolute atomic E-state index is 9.14. The summed E-state index contributed by atoms with van der Waals surface area (Å²) in [5.41, 5.74) is 0. The Balaban J connectivity index is 0. The lowest BCUT2D eigenvalue weighted by atomic mass is 10.7. The maximum Gasteiger partial charge on any atom is 0.106 e. The molecule has 0 aromatic carbocycles. The zero-order valence-electron chi connectivity index (χ0n) is 3.72. The summed E-state index contributed by atoms with van der Waals surface area (Å²) in [4.78, 5) is 17.1. The lowest BCUT2D eigenvalue weighted by Crippen LogP contribution is -2.17. The highest BCUT2D eigenvalue weighted by molar-refractivity contribution is 5.76. The van der Waals surface area contributed by atoms with Crippen molar-refractivity contribution in [2.24, 2.45) is 0 Å². The van der Waals surface area contributed by atoms with Gasteiger partial charge in [0, 0.05) is 0 Å². The Kier molecular flexibility index (Phi) is 11.8. The third kappa shape index (κ3) is 52.3. The Morgan fingerprint density at radius 1 is 1.57 bits per heavy atom. The molecule has 3 nitrogen and oxygen atoms in total. The van der Waals surface area contributed by atoms with Gasteiger partial charge in [0.1, 0.15) is 6.79 Å². The molecule has 0 rings (SSSR count). The number of hydrogen-bond acceptors (Lipinski definition) is 3. The first kappa shape index (κ1) is 9.30. The average Bonchev–Trinajstić information content (AvgIpc) is 1.73. The van der Waals surface area contributed by atoms with Gasteiger partial charge in [-0.15, -0.1) is 0 Å². The fourth-order valence-electron chi connectivity index (χ4n) is 0. The monoisotopic (exact) mass is 101 g/mol. The van der Waals surface area contributed by atoms with Crippen molar-refractivity contribution < 1.29 is 14.7 Å². The Labute approximate surface area is 41.3 Å². The molecule has 0 saturated heterocycles. The molecule has 0 N–H and O–H groups in total. The number of hydrogen-bond donors (Lipinski definition) is 0. The fourth-order valence-corrected chi connectivity index (χ4v) is 0. The smallest absolute Gasteiger partial charge is 0.106 e. The number of carboxylic acids is 1. The first-order valence-corrected chi connectivity index (χ1v) is 1.39. The normalized spacial score (nSPS) is 5.14. The average molecular weight is 101 g/mol. The van der Waals surface area contributed by atoms with Gasteiger partial charge < -0.3 is 14.7 Å². The number of aliphatic carboxylic acids is 1. The van der Waals surface area contributed by atoms with Crippen molar-refractivity contribution in [1.29, 1.82) is 0 Å². The van der Waals surface area contributed by atoms with Crippen LogP contribution in [0.4, 0.5) is 0 Å². The van der Waals surface area contributed by atoms with Crippen LogP contribution in [0.1, 0.15) is 0 Å². The molecule has 0 atom stereocenters. The Morgan fingerprint density at radius 3 is 1.71 bits per heavy atom. The van der Waals surface area contributed by atoms with E-state index in [2.05, 4.69) is 6.58 Å². The molecule has 0 amide bonds. The van der Waals surface area contributed by atoms with E-state index in [1.54, 1.807) is 0 Å². The van der Waals surface area contributed by atoms with E-state index in [0.29, 0.717) is 0 Å². The minimum Gasteiger partial charge on any atom is -0.545 e. The van der Waals surface area contributed by atoms with Crippen LogP contribution in [0.5, 0.6) is 0 Å². The summed E-state index contributed by atoms with van der Waals surface area (Å²) < 4.78 is 0. The van der Waals surface area contributed by atoms with E-state index in [9.17, 15) is 0 Å². The zero-order chi connectivity index (χ0) is 6.28. The molecule has 7 heavy (non-hydrogen) atoms. The number of carbonyl (C=O) groups is 2. The van der Waals surface area contributed by atoms with Crippen LogP contribution in [-0.4, -0.2) is 12.8 Å². The van der Waals surface area contributed by atoms with E-state index < -0.39 is 5.97 Å². The van der Waals surface area contributed by atoms with Gasteiger partial charge in [-0.1, -0.05) is 6.58 Å². The Bertz CT molecular complexity index is 67.3. The molecular weight excluding hydrogens is 96.0 g/mol. The predicted molar refractivity (Wildman–Crippen MR) is 22.3 cm³/mol. The summed E-state index contributed by atoms with van der Waals surface area (Å²) in [6.45, 7) is 4.90. The predicted octanol–water partition coefficient (Wildman–Crippen LogP) is -1.26. The summed E-state index contributed by atoms with van der Waals surface area (Å²) in [7, 11) is 0. The first-order valence-electron chi connectivity index (χ1n) is 1.39. The quantitative estimate of drug-likeness (QED) is 0.387. The van der Waals surface area contributed by atoms with Crippen LogP contribution in [0, 0.1) is 0 Å². The highest BCUT2D eigenvalue weighted by atomic mass is 16.4. The topological polar surface area (TPSA) is 57.2 Å². The van der Waals surface area contributed by atoms with Gasteiger partial charge in [0.2, 0.25) is 0 Å².